The molecule has 2 unspecified atom stereocenters. The van der Waals surface area contributed by atoms with Gasteiger partial charge in [-0.15, -0.1) is 0 Å². The van der Waals surface area contributed by atoms with Crippen LogP contribution in [0.25, 0.3) is 10.8 Å². The number of aryl methyl sites for hydroxylation is 2. The van der Waals surface area contributed by atoms with Crippen molar-refractivity contribution < 1.29 is 34.8 Å². The lowest BCUT2D eigenvalue weighted by Crippen LogP contribution is -2.64. The Kier molecular flexibility index (Phi) is 4.00. The Bertz CT molecular complexity index is 1230. The molecule has 9 heteroatoms. The van der Waals surface area contributed by atoms with E-state index in [0.29, 0.717) is 22.1 Å². The van der Waals surface area contributed by atoms with Crippen molar-refractivity contribution in [2.45, 2.75) is 31.9 Å². The lowest BCUT2D eigenvalue weighted by molar-refractivity contribution is -0.127. The highest BCUT2D eigenvalue weighted by Crippen LogP contribution is 2.50. The summed E-state index contributed by atoms with van der Waals surface area (Å²) in [6.07, 6.45) is -0.134. The highest BCUT2D eigenvalue weighted by Gasteiger charge is 2.61. The lowest BCUT2D eigenvalue weighted by atomic mass is 9.61. The summed E-state index contributed by atoms with van der Waals surface area (Å²) in [5.41, 5.74) is 8.49. The van der Waals surface area contributed by atoms with Gasteiger partial charge in [-0.1, -0.05) is 12.1 Å². The summed E-state index contributed by atoms with van der Waals surface area (Å²) in [5.74, 6) is -6.67. The van der Waals surface area contributed by atoms with Crippen LogP contribution in [0.4, 0.5) is 0 Å². The van der Waals surface area contributed by atoms with Crippen molar-refractivity contribution in [2.24, 2.45) is 17.4 Å². The molecule has 2 aliphatic carbocycles. The largest absolute Gasteiger partial charge is 0.508 e. The van der Waals surface area contributed by atoms with Crippen LogP contribution in [-0.4, -0.2) is 49.5 Å². The number of Topliss-reactive ketones (excluding diaryl/α,β-unsaturated/α-hetero) is 2. The standard InChI is InChI=1S/C21H20N2O7/c1-6-3-4-8-7(2)9-5-10-14(22)17(26)13(20(23)29)19(28)21(10,30)18(27)12(9)16(25)11(8)15(6)24/h3-4,10,14,24-25,28,30H,5,22H2,1-2H3,(H2,23,29)/t10?,14-,21?/m0/s1. The van der Waals surface area contributed by atoms with Crippen molar-refractivity contribution in [2.75, 3.05) is 0 Å². The zero-order valence-electron chi connectivity index (χ0n) is 16.2. The molecule has 30 heavy (non-hydrogen) atoms. The van der Waals surface area contributed by atoms with Gasteiger partial charge in [0.25, 0.3) is 5.91 Å². The van der Waals surface area contributed by atoms with Crippen LogP contribution in [-0.2, 0) is 16.0 Å². The second-order valence-electron chi connectivity index (χ2n) is 7.86. The van der Waals surface area contributed by atoms with Gasteiger partial charge in [0.2, 0.25) is 5.78 Å². The van der Waals surface area contributed by atoms with Crippen LogP contribution in [0.5, 0.6) is 11.5 Å². The molecule has 0 aromatic heterocycles. The van der Waals surface area contributed by atoms with E-state index in [1.54, 1.807) is 26.0 Å². The quantitative estimate of drug-likeness (QED) is 0.358. The fraction of sp³-hybridized carbons (Fsp3) is 0.286. The van der Waals surface area contributed by atoms with Crippen molar-refractivity contribution in [3.05, 3.63) is 45.7 Å². The van der Waals surface area contributed by atoms with Crippen molar-refractivity contribution in [1.82, 2.24) is 0 Å². The number of hydrogen-bond acceptors (Lipinski definition) is 8. The highest BCUT2D eigenvalue weighted by molar-refractivity contribution is 6.25. The van der Waals surface area contributed by atoms with E-state index < -0.39 is 52.1 Å². The predicted octanol–water partition coefficient (Wildman–Crippen LogP) is 0.161. The lowest BCUT2D eigenvalue weighted by Gasteiger charge is -2.44. The van der Waals surface area contributed by atoms with E-state index in [1.807, 2.05) is 0 Å². The number of phenols is 2. The van der Waals surface area contributed by atoms with Gasteiger partial charge in [0.15, 0.2) is 11.4 Å². The molecule has 1 amide bonds. The summed E-state index contributed by atoms with van der Waals surface area (Å²) in [6.45, 7) is 3.29. The zero-order valence-corrected chi connectivity index (χ0v) is 16.2. The van der Waals surface area contributed by atoms with Crippen LogP contribution in [0.1, 0.15) is 27.0 Å². The number of hydrogen-bond donors (Lipinski definition) is 6. The van der Waals surface area contributed by atoms with Crippen LogP contribution < -0.4 is 11.5 Å². The summed E-state index contributed by atoms with van der Waals surface area (Å²) >= 11 is 0. The van der Waals surface area contributed by atoms with Gasteiger partial charge in [0, 0.05) is 5.92 Å². The maximum Gasteiger partial charge on any atom is 0.255 e. The first-order valence-electron chi connectivity index (χ1n) is 9.21. The van der Waals surface area contributed by atoms with Gasteiger partial charge in [-0.05, 0) is 42.3 Å². The van der Waals surface area contributed by atoms with Crippen molar-refractivity contribution >= 4 is 28.2 Å². The van der Waals surface area contributed by atoms with Gasteiger partial charge >= 0.3 is 0 Å². The average Bonchev–Trinajstić information content (AvgIpc) is 2.68. The highest BCUT2D eigenvalue weighted by atomic mass is 16.3. The van der Waals surface area contributed by atoms with Crippen LogP contribution in [0.15, 0.2) is 23.5 Å². The second kappa shape index (κ2) is 6.04. The van der Waals surface area contributed by atoms with Crippen molar-refractivity contribution in [3.8, 4) is 11.5 Å². The molecule has 0 saturated carbocycles. The molecule has 9 nitrogen and oxygen atoms in total. The smallest absolute Gasteiger partial charge is 0.255 e. The molecule has 0 radical (unpaired) electrons. The number of benzene rings is 2. The second-order valence-corrected chi connectivity index (χ2v) is 7.86. The normalized spacial score (nSPS) is 26.0. The summed E-state index contributed by atoms with van der Waals surface area (Å²) in [4.78, 5) is 37.6. The van der Waals surface area contributed by atoms with Gasteiger partial charge in [0.1, 0.15) is 22.8 Å². The number of amides is 1. The number of carbonyl (C=O) groups excluding carboxylic acids is 3. The third-order valence-electron chi connectivity index (χ3n) is 6.37. The number of nitrogens with two attached hydrogens (primary N) is 2. The van der Waals surface area contributed by atoms with Gasteiger partial charge in [-0.25, -0.2) is 0 Å². The molecule has 0 bridgehead atoms. The average molecular weight is 412 g/mol. The van der Waals surface area contributed by atoms with E-state index in [1.165, 1.54) is 0 Å². The molecule has 2 aliphatic rings. The first-order chi connectivity index (χ1) is 13.9. The number of phenolic OH excluding ortho intramolecular Hbond substituents is 2. The molecule has 2 aromatic carbocycles. The topological polar surface area (TPSA) is 184 Å². The van der Waals surface area contributed by atoms with E-state index in [-0.39, 0.29) is 23.1 Å². The molecule has 0 heterocycles. The monoisotopic (exact) mass is 412 g/mol. The van der Waals surface area contributed by atoms with Crippen LogP contribution in [0.2, 0.25) is 0 Å². The third-order valence-corrected chi connectivity index (χ3v) is 6.37. The fourth-order valence-corrected chi connectivity index (χ4v) is 4.66. The molecule has 0 aliphatic heterocycles. The Morgan fingerprint density at radius 1 is 1.13 bits per heavy atom. The van der Waals surface area contributed by atoms with E-state index in [4.69, 9.17) is 11.5 Å². The Labute approximate surface area is 170 Å². The molecular weight excluding hydrogens is 392 g/mol. The van der Waals surface area contributed by atoms with E-state index >= 15 is 0 Å². The zero-order chi connectivity index (χ0) is 22.3. The summed E-state index contributed by atoms with van der Waals surface area (Å²) in [5, 5.41) is 43.7. The number of aliphatic hydroxyl groups is 2. The summed E-state index contributed by atoms with van der Waals surface area (Å²) in [7, 11) is 0. The van der Waals surface area contributed by atoms with Gasteiger partial charge in [-0.2, -0.15) is 0 Å². The Morgan fingerprint density at radius 3 is 2.37 bits per heavy atom. The van der Waals surface area contributed by atoms with Crippen LogP contribution in [0, 0.1) is 19.8 Å². The fourth-order valence-electron chi connectivity index (χ4n) is 4.66. The molecule has 0 fully saturated rings. The van der Waals surface area contributed by atoms with Crippen LogP contribution in [0.3, 0.4) is 0 Å². The number of aliphatic hydroxyl groups excluding tert-OH is 1. The molecular formula is C21H20N2O7. The molecule has 0 spiro atoms. The summed E-state index contributed by atoms with van der Waals surface area (Å²) in [6, 6.07) is 1.86. The molecule has 156 valence electrons. The van der Waals surface area contributed by atoms with Gasteiger partial charge in [0.05, 0.1) is 17.0 Å². The first kappa shape index (κ1) is 19.9. The maximum absolute atomic E-state index is 13.4. The first-order valence-corrected chi connectivity index (χ1v) is 9.21. The van der Waals surface area contributed by atoms with E-state index in [9.17, 15) is 34.8 Å². The number of ketones is 2. The molecule has 4 rings (SSSR count). The third kappa shape index (κ3) is 2.16. The Hall–Kier alpha value is -3.43. The number of carbonyl (C=O) groups is 3. The Morgan fingerprint density at radius 2 is 1.77 bits per heavy atom. The maximum atomic E-state index is 13.4. The van der Waals surface area contributed by atoms with Gasteiger partial charge in [-0.3, -0.25) is 14.4 Å². The SMILES string of the molecule is Cc1ccc2c(C)c3c(c(O)c2c1O)C(=O)C1(O)C(O)=C(C(N)=O)C(=O)[C@@H](N)C1C3. The number of fused-ring (bicyclic) bond motifs is 3. The number of aromatic hydroxyl groups is 2. The van der Waals surface area contributed by atoms with E-state index in [0.717, 1.165) is 0 Å². The molecule has 2 aromatic rings. The van der Waals surface area contributed by atoms with Crippen molar-refractivity contribution in [3.63, 3.8) is 0 Å². The van der Waals surface area contributed by atoms with Crippen LogP contribution >= 0.6 is 0 Å². The molecule has 3 atom stereocenters. The summed E-state index contributed by atoms with van der Waals surface area (Å²) < 4.78 is 0. The number of rotatable bonds is 1. The minimum atomic E-state index is -2.72. The minimum Gasteiger partial charge on any atom is -0.508 e. The van der Waals surface area contributed by atoms with Gasteiger partial charge < -0.3 is 31.9 Å². The predicted molar refractivity (Wildman–Crippen MR) is 105 cm³/mol. The van der Waals surface area contributed by atoms with E-state index in [2.05, 4.69) is 0 Å². The Balaban J connectivity index is 2.11. The molecule has 8 N–H and O–H groups in total. The minimum absolute atomic E-state index is 0.0245. The molecule has 0 saturated heterocycles. The van der Waals surface area contributed by atoms with Crippen molar-refractivity contribution in [1.29, 1.82) is 0 Å². The number of primary amides is 1.